The van der Waals surface area contributed by atoms with E-state index in [4.69, 9.17) is 9.84 Å². The molecule has 0 saturated heterocycles. The first-order valence-corrected chi connectivity index (χ1v) is 6.17. The zero-order valence-corrected chi connectivity index (χ0v) is 10.7. The highest BCUT2D eigenvalue weighted by Crippen LogP contribution is 2.17. The van der Waals surface area contributed by atoms with Crippen LogP contribution in [0.1, 0.15) is 18.9 Å². The highest BCUT2D eigenvalue weighted by molar-refractivity contribution is 5.29. The summed E-state index contributed by atoms with van der Waals surface area (Å²) in [6.07, 6.45) is 4.07. The number of ether oxygens (including phenoxy) is 1. The Balaban J connectivity index is 2.22. The fraction of sp³-hybridized carbons (Fsp3) is 0.286. The number of aliphatic hydroxyl groups excluding tert-OH is 1. The summed E-state index contributed by atoms with van der Waals surface area (Å²) in [5, 5.41) is 8.95. The summed E-state index contributed by atoms with van der Waals surface area (Å²) in [5.41, 5.74) is 0.548. The van der Waals surface area contributed by atoms with E-state index in [9.17, 15) is 4.79 Å². The molecular weight excluding hydrogens is 244 g/mol. The van der Waals surface area contributed by atoms with E-state index in [1.165, 1.54) is 0 Å². The second-order valence-electron chi connectivity index (χ2n) is 4.14. The third-order valence-electron chi connectivity index (χ3n) is 2.67. The minimum atomic E-state index is -0.240. The first-order chi connectivity index (χ1) is 9.24. The van der Waals surface area contributed by atoms with Crippen LogP contribution in [0.2, 0.25) is 0 Å². The molecule has 2 rings (SSSR count). The molecule has 0 amide bonds. The van der Waals surface area contributed by atoms with Gasteiger partial charge in [-0.15, -0.1) is 0 Å². The molecule has 0 atom stereocenters. The van der Waals surface area contributed by atoms with Gasteiger partial charge in [-0.1, -0.05) is 19.1 Å². The Kier molecular flexibility index (Phi) is 4.30. The van der Waals surface area contributed by atoms with Gasteiger partial charge in [-0.2, -0.15) is 0 Å². The molecule has 0 saturated carbocycles. The number of hydrogen-bond donors (Lipinski definition) is 1. The van der Waals surface area contributed by atoms with E-state index in [0.29, 0.717) is 12.3 Å². The Morgan fingerprint density at radius 1 is 1.32 bits per heavy atom. The highest BCUT2D eigenvalue weighted by Gasteiger charge is 2.06. The summed E-state index contributed by atoms with van der Waals surface area (Å²) in [4.78, 5) is 16.0. The van der Waals surface area contributed by atoms with Gasteiger partial charge in [-0.25, -0.2) is 4.98 Å². The lowest BCUT2D eigenvalue weighted by atomic mass is 10.2. The summed E-state index contributed by atoms with van der Waals surface area (Å²) >= 11 is 0. The Hall–Kier alpha value is -2.14. The standard InChI is InChI=1S/C14H16N2O3/c1-2-8-16-9-7-15-13(14(16)18)19-12-5-3-11(10-17)4-6-12/h3-7,9,17H,2,8,10H2,1H3. The van der Waals surface area contributed by atoms with Gasteiger partial charge in [0.2, 0.25) is 0 Å². The molecule has 0 fully saturated rings. The van der Waals surface area contributed by atoms with Gasteiger partial charge in [0, 0.05) is 18.9 Å². The molecule has 0 aliphatic carbocycles. The molecule has 0 spiro atoms. The van der Waals surface area contributed by atoms with Gasteiger partial charge in [-0.05, 0) is 24.1 Å². The van der Waals surface area contributed by atoms with Crippen molar-refractivity contribution in [2.75, 3.05) is 0 Å². The Bertz CT molecular complexity index is 590. The van der Waals surface area contributed by atoms with Crippen molar-refractivity contribution in [1.29, 1.82) is 0 Å². The monoisotopic (exact) mass is 260 g/mol. The maximum absolute atomic E-state index is 12.0. The van der Waals surface area contributed by atoms with Gasteiger partial charge in [0.15, 0.2) is 0 Å². The molecule has 100 valence electrons. The van der Waals surface area contributed by atoms with Crippen LogP contribution in [0, 0.1) is 0 Å². The van der Waals surface area contributed by atoms with Crippen LogP contribution in [-0.2, 0) is 13.2 Å². The SMILES string of the molecule is CCCn1ccnc(Oc2ccc(CO)cc2)c1=O. The molecule has 5 nitrogen and oxygen atoms in total. The molecule has 1 aromatic carbocycles. The number of benzene rings is 1. The predicted molar refractivity (Wildman–Crippen MR) is 71.2 cm³/mol. The molecule has 2 aromatic rings. The second kappa shape index (κ2) is 6.15. The van der Waals surface area contributed by atoms with Gasteiger partial charge in [-0.3, -0.25) is 4.79 Å². The number of rotatable bonds is 5. The average Bonchev–Trinajstić information content (AvgIpc) is 2.44. The highest BCUT2D eigenvalue weighted by atomic mass is 16.5. The number of aliphatic hydroxyl groups is 1. The predicted octanol–water partition coefficient (Wildman–Crippen LogP) is 1.94. The fourth-order valence-corrected chi connectivity index (χ4v) is 1.69. The summed E-state index contributed by atoms with van der Waals surface area (Å²) in [5.74, 6) is 0.587. The molecule has 5 heteroatoms. The zero-order chi connectivity index (χ0) is 13.7. The van der Waals surface area contributed by atoms with Crippen LogP contribution in [0.25, 0.3) is 0 Å². The molecule has 0 bridgehead atoms. The molecule has 1 aromatic heterocycles. The zero-order valence-electron chi connectivity index (χ0n) is 10.7. The number of hydrogen-bond acceptors (Lipinski definition) is 4. The van der Waals surface area contributed by atoms with Crippen molar-refractivity contribution in [3.63, 3.8) is 0 Å². The molecule has 0 aliphatic rings. The van der Waals surface area contributed by atoms with E-state index < -0.39 is 0 Å². The van der Waals surface area contributed by atoms with E-state index in [0.717, 1.165) is 12.0 Å². The summed E-state index contributed by atoms with van der Waals surface area (Å²) < 4.78 is 7.04. The normalized spacial score (nSPS) is 10.4. The maximum atomic E-state index is 12.0. The van der Waals surface area contributed by atoms with Crippen LogP contribution < -0.4 is 10.3 Å². The summed E-state index contributed by atoms with van der Waals surface area (Å²) in [6, 6.07) is 6.87. The van der Waals surface area contributed by atoms with Crippen LogP contribution in [0.5, 0.6) is 11.6 Å². The van der Waals surface area contributed by atoms with Crippen molar-refractivity contribution < 1.29 is 9.84 Å². The molecule has 0 radical (unpaired) electrons. The molecular formula is C14H16N2O3. The van der Waals surface area contributed by atoms with Gasteiger partial charge in [0.05, 0.1) is 6.61 Å². The molecule has 1 N–H and O–H groups in total. The van der Waals surface area contributed by atoms with Gasteiger partial charge < -0.3 is 14.4 Å². The minimum absolute atomic E-state index is 0.0207. The number of nitrogens with zero attached hydrogens (tertiary/aromatic N) is 2. The van der Waals surface area contributed by atoms with E-state index in [2.05, 4.69) is 4.98 Å². The van der Waals surface area contributed by atoms with Crippen LogP contribution in [0.3, 0.4) is 0 Å². The van der Waals surface area contributed by atoms with Crippen LogP contribution in [0.4, 0.5) is 0 Å². The van der Waals surface area contributed by atoms with E-state index in [-0.39, 0.29) is 18.0 Å². The first kappa shape index (κ1) is 13.3. The van der Waals surface area contributed by atoms with Gasteiger partial charge in [0.25, 0.3) is 5.88 Å². The first-order valence-electron chi connectivity index (χ1n) is 6.17. The second-order valence-corrected chi connectivity index (χ2v) is 4.14. The Morgan fingerprint density at radius 3 is 2.68 bits per heavy atom. The topological polar surface area (TPSA) is 64.3 Å². The quantitative estimate of drug-likeness (QED) is 0.892. The molecule has 0 aliphatic heterocycles. The van der Waals surface area contributed by atoms with Crippen molar-refractivity contribution in [3.8, 4) is 11.6 Å². The lowest BCUT2D eigenvalue weighted by molar-refractivity contribution is 0.281. The van der Waals surface area contributed by atoms with Crippen molar-refractivity contribution in [3.05, 3.63) is 52.6 Å². The summed E-state index contributed by atoms with van der Waals surface area (Å²) in [7, 11) is 0. The third kappa shape index (κ3) is 3.20. The van der Waals surface area contributed by atoms with Crippen molar-refractivity contribution >= 4 is 0 Å². The van der Waals surface area contributed by atoms with Crippen LogP contribution >= 0.6 is 0 Å². The maximum Gasteiger partial charge on any atom is 0.313 e. The Morgan fingerprint density at radius 2 is 2.05 bits per heavy atom. The number of aryl methyl sites for hydroxylation is 1. The fourth-order valence-electron chi connectivity index (χ4n) is 1.69. The average molecular weight is 260 g/mol. The summed E-state index contributed by atoms with van der Waals surface area (Å²) in [6.45, 7) is 2.62. The van der Waals surface area contributed by atoms with E-state index >= 15 is 0 Å². The smallest absolute Gasteiger partial charge is 0.313 e. The Labute approximate surface area is 111 Å². The van der Waals surface area contributed by atoms with E-state index in [1.54, 1.807) is 41.2 Å². The van der Waals surface area contributed by atoms with Gasteiger partial charge in [0.1, 0.15) is 5.75 Å². The molecule has 1 heterocycles. The van der Waals surface area contributed by atoms with Crippen LogP contribution in [0.15, 0.2) is 41.5 Å². The lowest BCUT2D eigenvalue weighted by Crippen LogP contribution is -2.21. The van der Waals surface area contributed by atoms with Gasteiger partial charge >= 0.3 is 5.56 Å². The van der Waals surface area contributed by atoms with Crippen LogP contribution in [-0.4, -0.2) is 14.7 Å². The van der Waals surface area contributed by atoms with Crippen molar-refractivity contribution in [2.45, 2.75) is 26.5 Å². The lowest BCUT2D eigenvalue weighted by Gasteiger charge is -2.07. The molecule has 19 heavy (non-hydrogen) atoms. The number of aromatic nitrogens is 2. The molecule has 0 unspecified atom stereocenters. The third-order valence-corrected chi connectivity index (χ3v) is 2.67. The van der Waals surface area contributed by atoms with Crippen molar-refractivity contribution in [1.82, 2.24) is 9.55 Å². The van der Waals surface area contributed by atoms with Crippen molar-refractivity contribution in [2.24, 2.45) is 0 Å². The van der Waals surface area contributed by atoms with E-state index in [1.807, 2.05) is 6.92 Å². The minimum Gasteiger partial charge on any atom is -0.435 e. The largest absolute Gasteiger partial charge is 0.435 e.